The van der Waals surface area contributed by atoms with Crippen LogP contribution in [0.15, 0.2) is 24.3 Å². The fourth-order valence-electron chi connectivity index (χ4n) is 3.11. The van der Waals surface area contributed by atoms with Gasteiger partial charge in [0, 0.05) is 18.7 Å². The highest BCUT2D eigenvalue weighted by molar-refractivity contribution is 5.87. The zero-order valence-electron chi connectivity index (χ0n) is 16.6. The number of carboxylic acid groups (broad SMARTS) is 1. The molecule has 0 atom stereocenters. The third kappa shape index (κ3) is 13.2. The van der Waals surface area contributed by atoms with Crippen molar-refractivity contribution >= 4 is 11.7 Å². The van der Waals surface area contributed by atoms with Gasteiger partial charge >= 0.3 is 5.97 Å². The van der Waals surface area contributed by atoms with Gasteiger partial charge in [-0.3, -0.25) is 0 Å². The van der Waals surface area contributed by atoms with E-state index >= 15 is 0 Å². The highest BCUT2D eigenvalue weighted by Gasteiger charge is 2.19. The van der Waals surface area contributed by atoms with Crippen LogP contribution in [0.2, 0.25) is 0 Å². The molecule has 3 nitrogen and oxygen atoms in total. The van der Waals surface area contributed by atoms with Gasteiger partial charge < -0.3 is 10.4 Å². The predicted molar refractivity (Wildman–Crippen MR) is 108 cm³/mol. The van der Waals surface area contributed by atoms with Crippen LogP contribution in [0.3, 0.4) is 0 Å². The van der Waals surface area contributed by atoms with Crippen molar-refractivity contribution in [3.05, 3.63) is 29.8 Å². The summed E-state index contributed by atoms with van der Waals surface area (Å²) in [7, 11) is 0. The van der Waals surface area contributed by atoms with Crippen LogP contribution in [0, 0.1) is 0 Å². The molecule has 0 aromatic heterocycles. The molecule has 2 N–H and O–H groups in total. The molecule has 0 radical (unpaired) electrons. The predicted octanol–water partition coefficient (Wildman–Crippen LogP) is 7.13. The SMILES string of the molecule is CC(F)(F)CCCCCCCCCCCCCNc1ccc(C(=O)O)cc1. The molecule has 0 bridgehead atoms. The summed E-state index contributed by atoms with van der Waals surface area (Å²) in [5.41, 5.74) is 1.27. The van der Waals surface area contributed by atoms with Gasteiger partial charge in [-0.2, -0.15) is 0 Å². The number of hydrogen-bond donors (Lipinski definition) is 2. The van der Waals surface area contributed by atoms with Crippen molar-refractivity contribution in [1.29, 1.82) is 0 Å². The normalized spacial score (nSPS) is 11.5. The summed E-state index contributed by atoms with van der Waals surface area (Å²) >= 11 is 0. The van der Waals surface area contributed by atoms with Crippen LogP contribution < -0.4 is 5.32 Å². The van der Waals surface area contributed by atoms with Crippen LogP contribution in [0.1, 0.15) is 94.3 Å². The molecule has 5 heteroatoms. The Kier molecular flexibility index (Phi) is 11.7. The molecular formula is C22H35F2NO2. The van der Waals surface area contributed by atoms with Gasteiger partial charge in [-0.25, -0.2) is 13.6 Å². The number of aromatic carboxylic acids is 1. The molecule has 1 aromatic carbocycles. The maximum absolute atomic E-state index is 12.7. The molecule has 0 aliphatic carbocycles. The minimum atomic E-state index is -2.50. The largest absolute Gasteiger partial charge is 0.478 e. The van der Waals surface area contributed by atoms with E-state index in [1.54, 1.807) is 24.3 Å². The molecule has 1 aromatic rings. The average molecular weight is 384 g/mol. The van der Waals surface area contributed by atoms with E-state index in [-0.39, 0.29) is 6.42 Å². The van der Waals surface area contributed by atoms with Crippen LogP contribution in [0.4, 0.5) is 14.5 Å². The van der Waals surface area contributed by atoms with Crippen molar-refractivity contribution in [3.8, 4) is 0 Å². The third-order valence-corrected chi connectivity index (χ3v) is 4.75. The van der Waals surface area contributed by atoms with Crippen molar-refractivity contribution in [1.82, 2.24) is 0 Å². The molecule has 0 aliphatic rings. The van der Waals surface area contributed by atoms with Crippen LogP contribution in [-0.2, 0) is 0 Å². The van der Waals surface area contributed by atoms with Crippen molar-refractivity contribution in [2.45, 2.75) is 89.9 Å². The summed E-state index contributed by atoms with van der Waals surface area (Å²) in [5.74, 6) is -3.40. The van der Waals surface area contributed by atoms with E-state index in [4.69, 9.17) is 5.11 Å². The summed E-state index contributed by atoms with van der Waals surface area (Å²) in [4.78, 5) is 10.8. The number of hydrogen-bond acceptors (Lipinski definition) is 2. The van der Waals surface area contributed by atoms with E-state index in [9.17, 15) is 13.6 Å². The molecule has 0 saturated carbocycles. The van der Waals surface area contributed by atoms with Crippen molar-refractivity contribution in [2.75, 3.05) is 11.9 Å². The summed E-state index contributed by atoms with van der Waals surface area (Å²) in [6, 6.07) is 6.84. The summed E-state index contributed by atoms with van der Waals surface area (Å²) in [5, 5.41) is 12.2. The van der Waals surface area contributed by atoms with Gasteiger partial charge in [-0.05, 0) is 44.0 Å². The second-order valence-electron chi connectivity index (χ2n) is 7.52. The Bertz CT molecular complexity index is 512. The van der Waals surface area contributed by atoms with E-state index in [1.807, 2.05) is 0 Å². The Labute approximate surface area is 162 Å². The molecule has 27 heavy (non-hydrogen) atoms. The first-order valence-corrected chi connectivity index (χ1v) is 10.3. The topological polar surface area (TPSA) is 49.3 Å². The van der Waals surface area contributed by atoms with Gasteiger partial charge in [0.2, 0.25) is 5.92 Å². The Hall–Kier alpha value is -1.65. The zero-order valence-corrected chi connectivity index (χ0v) is 16.6. The monoisotopic (exact) mass is 383 g/mol. The zero-order chi connectivity index (χ0) is 20.0. The second kappa shape index (κ2) is 13.5. The lowest BCUT2D eigenvalue weighted by molar-refractivity contribution is 0.0103. The molecule has 154 valence electrons. The lowest BCUT2D eigenvalue weighted by Gasteiger charge is -2.09. The smallest absolute Gasteiger partial charge is 0.335 e. The number of alkyl halides is 2. The Morgan fingerprint density at radius 1 is 0.852 bits per heavy atom. The molecule has 0 amide bonds. The minimum absolute atomic E-state index is 0.0233. The maximum Gasteiger partial charge on any atom is 0.335 e. The van der Waals surface area contributed by atoms with Gasteiger partial charge in [0.25, 0.3) is 0 Å². The van der Waals surface area contributed by atoms with E-state index in [1.165, 1.54) is 44.9 Å². The fraction of sp³-hybridized carbons (Fsp3) is 0.682. The van der Waals surface area contributed by atoms with Crippen molar-refractivity contribution in [3.63, 3.8) is 0 Å². The van der Waals surface area contributed by atoms with Gasteiger partial charge in [0.1, 0.15) is 0 Å². The second-order valence-corrected chi connectivity index (χ2v) is 7.52. The lowest BCUT2D eigenvalue weighted by Crippen LogP contribution is -2.08. The molecule has 0 spiro atoms. The molecule has 0 saturated heterocycles. The number of unbranched alkanes of at least 4 members (excludes halogenated alkanes) is 10. The highest BCUT2D eigenvalue weighted by atomic mass is 19.3. The van der Waals surface area contributed by atoms with Gasteiger partial charge in [0.05, 0.1) is 5.56 Å². The number of nitrogens with one attached hydrogen (secondary N) is 1. The summed E-state index contributed by atoms with van der Waals surface area (Å²) in [6.07, 6.45) is 12.4. The van der Waals surface area contributed by atoms with Crippen molar-refractivity contribution < 1.29 is 18.7 Å². The van der Waals surface area contributed by atoms with E-state index in [2.05, 4.69) is 5.32 Å². The standard InChI is InChI=1S/C22H35F2NO2/c1-22(23,24)17-11-9-7-5-3-2-4-6-8-10-12-18-25-20-15-13-19(14-16-20)21(26)27/h13-16,25H,2-12,17-18H2,1H3,(H,26,27). The highest BCUT2D eigenvalue weighted by Crippen LogP contribution is 2.21. The fourth-order valence-corrected chi connectivity index (χ4v) is 3.11. The number of rotatable bonds is 16. The van der Waals surface area contributed by atoms with E-state index < -0.39 is 11.9 Å². The van der Waals surface area contributed by atoms with Gasteiger partial charge in [-0.1, -0.05) is 57.8 Å². The number of carbonyl (C=O) groups is 1. The molecular weight excluding hydrogens is 348 g/mol. The number of benzene rings is 1. The third-order valence-electron chi connectivity index (χ3n) is 4.75. The first-order chi connectivity index (χ1) is 12.9. The molecule has 1 rings (SSSR count). The lowest BCUT2D eigenvalue weighted by atomic mass is 10.0. The van der Waals surface area contributed by atoms with Crippen LogP contribution in [0.5, 0.6) is 0 Å². The summed E-state index contributed by atoms with van der Waals surface area (Å²) in [6.45, 7) is 1.91. The Morgan fingerprint density at radius 2 is 1.30 bits per heavy atom. The minimum Gasteiger partial charge on any atom is -0.478 e. The van der Waals surface area contributed by atoms with Crippen LogP contribution in [-0.4, -0.2) is 23.5 Å². The molecule has 0 heterocycles. The van der Waals surface area contributed by atoms with Crippen LogP contribution in [0.25, 0.3) is 0 Å². The number of halogens is 2. The maximum atomic E-state index is 12.7. The van der Waals surface area contributed by atoms with E-state index in [0.29, 0.717) is 12.0 Å². The van der Waals surface area contributed by atoms with Crippen molar-refractivity contribution in [2.24, 2.45) is 0 Å². The van der Waals surface area contributed by atoms with Gasteiger partial charge in [0.15, 0.2) is 0 Å². The molecule has 0 fully saturated rings. The summed E-state index contributed by atoms with van der Waals surface area (Å²) < 4.78 is 25.3. The number of anilines is 1. The quantitative estimate of drug-likeness (QED) is 0.298. The Balaban J connectivity index is 1.84. The number of carboxylic acids is 1. The Morgan fingerprint density at radius 3 is 1.74 bits per heavy atom. The molecule has 0 aliphatic heterocycles. The first kappa shape index (κ1) is 23.4. The van der Waals surface area contributed by atoms with Crippen LogP contribution >= 0.6 is 0 Å². The molecule has 0 unspecified atom stereocenters. The van der Waals surface area contributed by atoms with E-state index in [0.717, 1.165) is 38.4 Å². The first-order valence-electron chi connectivity index (χ1n) is 10.3. The average Bonchev–Trinajstić information content (AvgIpc) is 2.61. The van der Waals surface area contributed by atoms with Gasteiger partial charge in [-0.15, -0.1) is 0 Å².